The van der Waals surface area contributed by atoms with Crippen molar-refractivity contribution in [2.75, 3.05) is 12.4 Å². The molecule has 24 heavy (non-hydrogen) atoms. The predicted molar refractivity (Wildman–Crippen MR) is 93.9 cm³/mol. The first kappa shape index (κ1) is 16.2. The van der Waals surface area contributed by atoms with Gasteiger partial charge in [0.05, 0.1) is 24.9 Å². The lowest BCUT2D eigenvalue weighted by molar-refractivity contribution is 0.0601. The number of nitrogens with zero attached hydrogens (tertiary/aromatic N) is 2. The number of carbonyl (C=O) groups is 1. The molecule has 0 atom stereocenters. The average Bonchev–Trinajstić information content (AvgIpc) is 2.95. The maximum Gasteiger partial charge on any atom is 0.337 e. The molecule has 0 radical (unpaired) electrons. The van der Waals surface area contributed by atoms with Gasteiger partial charge in [0.25, 0.3) is 5.56 Å². The normalized spacial score (nSPS) is 10.8. The Morgan fingerprint density at radius 2 is 2.12 bits per heavy atom. The number of benzene rings is 1. The number of aromatic nitrogens is 2. The Hall–Kier alpha value is -2.67. The molecule has 0 aliphatic heterocycles. The molecule has 0 fully saturated rings. The fourth-order valence-electron chi connectivity index (χ4n) is 2.43. The fraction of sp³-hybridized carbons (Fsp3) is 0.235. The monoisotopic (exact) mass is 343 g/mol. The van der Waals surface area contributed by atoms with Crippen molar-refractivity contribution >= 4 is 28.0 Å². The van der Waals surface area contributed by atoms with E-state index >= 15 is 0 Å². The van der Waals surface area contributed by atoms with Crippen molar-refractivity contribution in [3.05, 3.63) is 62.5 Å². The van der Waals surface area contributed by atoms with Gasteiger partial charge in [-0.3, -0.25) is 9.20 Å². The lowest BCUT2D eigenvalue weighted by Crippen LogP contribution is -2.16. The van der Waals surface area contributed by atoms with Crippen molar-refractivity contribution in [3.63, 3.8) is 0 Å². The van der Waals surface area contributed by atoms with E-state index in [2.05, 4.69) is 10.3 Å². The van der Waals surface area contributed by atoms with Crippen molar-refractivity contribution in [2.45, 2.75) is 20.4 Å². The van der Waals surface area contributed by atoms with Crippen LogP contribution in [0.4, 0.5) is 5.69 Å². The van der Waals surface area contributed by atoms with Gasteiger partial charge in [-0.1, -0.05) is 6.07 Å². The number of rotatable bonds is 4. The molecule has 0 amide bonds. The second-order valence-corrected chi connectivity index (χ2v) is 6.29. The number of methoxy groups -OCH3 is 1. The smallest absolute Gasteiger partial charge is 0.337 e. The zero-order valence-corrected chi connectivity index (χ0v) is 14.4. The van der Waals surface area contributed by atoms with E-state index < -0.39 is 0 Å². The molecule has 3 aromatic rings. The minimum absolute atomic E-state index is 0.0874. The number of fused-ring (bicyclic) bond motifs is 1. The molecule has 0 saturated heterocycles. The van der Waals surface area contributed by atoms with Crippen molar-refractivity contribution in [1.29, 1.82) is 0 Å². The highest BCUT2D eigenvalue weighted by molar-refractivity contribution is 7.15. The van der Waals surface area contributed by atoms with Gasteiger partial charge in [-0.2, -0.15) is 0 Å². The standard InChI is InChI=1S/C17H17N3O3S/c1-10-4-5-12(16(22)23-3)6-14(10)18-8-13-7-15(21)20-11(2)9-24-17(20)19-13/h4-7,9,18H,8H2,1-3H3. The molecule has 0 aliphatic rings. The molecule has 0 spiro atoms. The zero-order valence-electron chi connectivity index (χ0n) is 13.6. The minimum Gasteiger partial charge on any atom is -0.465 e. The first-order chi connectivity index (χ1) is 11.5. The van der Waals surface area contributed by atoms with Crippen LogP contribution in [0.2, 0.25) is 0 Å². The lowest BCUT2D eigenvalue weighted by Gasteiger charge is -2.11. The van der Waals surface area contributed by atoms with Crippen LogP contribution in [0.15, 0.2) is 34.4 Å². The summed E-state index contributed by atoms with van der Waals surface area (Å²) in [5, 5.41) is 5.14. The maximum atomic E-state index is 12.2. The predicted octanol–water partition coefficient (Wildman–Crippen LogP) is 2.77. The van der Waals surface area contributed by atoms with E-state index in [1.165, 1.54) is 24.5 Å². The van der Waals surface area contributed by atoms with Gasteiger partial charge in [0.15, 0.2) is 4.96 Å². The summed E-state index contributed by atoms with van der Waals surface area (Å²) in [6.45, 7) is 4.22. The molecular weight excluding hydrogens is 326 g/mol. The minimum atomic E-state index is -0.384. The number of anilines is 1. The molecule has 0 saturated carbocycles. The van der Waals surface area contributed by atoms with Crippen LogP contribution in [0.25, 0.3) is 4.96 Å². The van der Waals surface area contributed by atoms with Crippen molar-refractivity contribution in [2.24, 2.45) is 0 Å². The molecule has 2 aromatic heterocycles. The fourth-order valence-corrected chi connectivity index (χ4v) is 3.33. The van der Waals surface area contributed by atoms with E-state index in [1.54, 1.807) is 16.5 Å². The number of nitrogens with one attached hydrogen (secondary N) is 1. The lowest BCUT2D eigenvalue weighted by atomic mass is 10.1. The third-order valence-electron chi connectivity index (χ3n) is 3.75. The summed E-state index contributed by atoms with van der Waals surface area (Å²) in [7, 11) is 1.35. The maximum absolute atomic E-state index is 12.2. The van der Waals surface area contributed by atoms with Crippen LogP contribution in [0.3, 0.4) is 0 Å². The highest BCUT2D eigenvalue weighted by Crippen LogP contribution is 2.18. The number of esters is 1. The quantitative estimate of drug-likeness (QED) is 0.738. The van der Waals surface area contributed by atoms with Crippen LogP contribution in [-0.4, -0.2) is 22.5 Å². The van der Waals surface area contributed by atoms with Crippen molar-refractivity contribution in [1.82, 2.24) is 9.38 Å². The zero-order chi connectivity index (χ0) is 17.3. The molecule has 2 heterocycles. The van der Waals surface area contributed by atoms with Crippen LogP contribution in [0, 0.1) is 13.8 Å². The number of aryl methyl sites for hydroxylation is 2. The van der Waals surface area contributed by atoms with Gasteiger partial charge in [0.2, 0.25) is 0 Å². The summed E-state index contributed by atoms with van der Waals surface area (Å²) in [4.78, 5) is 29.0. The van der Waals surface area contributed by atoms with E-state index in [0.29, 0.717) is 22.8 Å². The molecule has 6 nitrogen and oxygen atoms in total. The molecular formula is C17H17N3O3S. The summed E-state index contributed by atoms with van der Waals surface area (Å²) in [6, 6.07) is 6.83. The Bertz CT molecular complexity index is 975. The second-order valence-electron chi connectivity index (χ2n) is 5.46. The van der Waals surface area contributed by atoms with Gasteiger partial charge in [-0.25, -0.2) is 9.78 Å². The van der Waals surface area contributed by atoms with Gasteiger partial charge in [0.1, 0.15) is 0 Å². The molecule has 1 N–H and O–H groups in total. The summed E-state index contributed by atoms with van der Waals surface area (Å²) < 4.78 is 6.33. The number of hydrogen-bond donors (Lipinski definition) is 1. The summed E-state index contributed by atoms with van der Waals surface area (Å²) in [5.74, 6) is -0.384. The van der Waals surface area contributed by atoms with Crippen LogP contribution in [0.5, 0.6) is 0 Å². The molecule has 7 heteroatoms. The Labute approximate surface area is 142 Å². The Morgan fingerprint density at radius 3 is 2.88 bits per heavy atom. The van der Waals surface area contributed by atoms with Gasteiger partial charge in [-0.05, 0) is 31.5 Å². The van der Waals surface area contributed by atoms with E-state index in [4.69, 9.17) is 4.74 Å². The molecule has 0 aliphatic carbocycles. The third-order valence-corrected chi connectivity index (χ3v) is 4.69. The molecule has 0 unspecified atom stereocenters. The third kappa shape index (κ3) is 3.03. The van der Waals surface area contributed by atoms with Crippen LogP contribution in [-0.2, 0) is 11.3 Å². The van der Waals surface area contributed by atoms with Crippen molar-refractivity contribution < 1.29 is 9.53 Å². The topological polar surface area (TPSA) is 72.7 Å². The van der Waals surface area contributed by atoms with Crippen molar-refractivity contribution in [3.8, 4) is 0 Å². The second kappa shape index (κ2) is 6.45. The van der Waals surface area contributed by atoms with Crippen LogP contribution < -0.4 is 10.9 Å². The van der Waals surface area contributed by atoms with Gasteiger partial charge >= 0.3 is 5.97 Å². The van der Waals surface area contributed by atoms with Gasteiger partial charge in [-0.15, -0.1) is 11.3 Å². The number of ether oxygens (including phenoxy) is 1. The van der Waals surface area contributed by atoms with E-state index in [9.17, 15) is 9.59 Å². The first-order valence-corrected chi connectivity index (χ1v) is 8.27. The number of carbonyl (C=O) groups excluding carboxylic acids is 1. The summed E-state index contributed by atoms with van der Waals surface area (Å²) in [6.07, 6.45) is 0. The largest absolute Gasteiger partial charge is 0.465 e. The molecule has 1 aromatic carbocycles. The Kier molecular flexibility index (Phi) is 4.35. The number of thiazole rings is 1. The van der Waals surface area contributed by atoms with E-state index in [0.717, 1.165) is 16.9 Å². The average molecular weight is 343 g/mol. The molecule has 3 rings (SSSR count). The van der Waals surface area contributed by atoms with Crippen LogP contribution >= 0.6 is 11.3 Å². The highest BCUT2D eigenvalue weighted by atomic mass is 32.1. The Balaban J connectivity index is 1.86. The van der Waals surface area contributed by atoms with Gasteiger partial charge in [0, 0.05) is 22.8 Å². The molecule has 124 valence electrons. The molecule has 0 bridgehead atoms. The van der Waals surface area contributed by atoms with Crippen LogP contribution in [0.1, 0.15) is 27.3 Å². The van der Waals surface area contributed by atoms with E-state index in [1.807, 2.05) is 25.3 Å². The number of hydrogen-bond acceptors (Lipinski definition) is 6. The highest BCUT2D eigenvalue weighted by Gasteiger charge is 2.09. The summed E-state index contributed by atoms with van der Waals surface area (Å²) >= 11 is 1.44. The van der Waals surface area contributed by atoms with E-state index in [-0.39, 0.29) is 11.5 Å². The Morgan fingerprint density at radius 1 is 1.33 bits per heavy atom. The SMILES string of the molecule is COC(=O)c1ccc(C)c(NCc2cc(=O)n3c(C)csc3n2)c1. The summed E-state index contributed by atoms with van der Waals surface area (Å²) in [5.41, 5.74) is 3.73. The first-order valence-electron chi connectivity index (χ1n) is 7.39. The van der Waals surface area contributed by atoms with Gasteiger partial charge < -0.3 is 10.1 Å².